The number of rotatable bonds is 4. The third-order valence-electron chi connectivity index (χ3n) is 4.29. The molecule has 5 nitrogen and oxygen atoms in total. The average molecular weight is 343 g/mol. The fourth-order valence-corrected chi connectivity index (χ4v) is 3.49. The molecule has 0 radical (unpaired) electrons. The van der Waals surface area contributed by atoms with Gasteiger partial charge >= 0.3 is 0 Å². The zero-order valence-corrected chi connectivity index (χ0v) is 14.0. The summed E-state index contributed by atoms with van der Waals surface area (Å²) in [5.41, 5.74) is 3.28. The van der Waals surface area contributed by atoms with Crippen molar-refractivity contribution in [1.82, 2.24) is 14.5 Å². The van der Waals surface area contributed by atoms with Crippen molar-refractivity contribution in [2.75, 3.05) is 24.7 Å². The normalized spacial score (nSPS) is 15.0. The minimum absolute atomic E-state index is 0.105. The van der Waals surface area contributed by atoms with E-state index in [-0.39, 0.29) is 6.61 Å². The van der Waals surface area contributed by atoms with Gasteiger partial charge in [-0.1, -0.05) is 35.9 Å². The van der Waals surface area contributed by atoms with Gasteiger partial charge in [0.05, 0.1) is 31.0 Å². The highest BCUT2D eigenvalue weighted by molar-refractivity contribution is 6.30. The monoisotopic (exact) mass is 342 g/mol. The van der Waals surface area contributed by atoms with Gasteiger partial charge in [-0.25, -0.2) is 4.98 Å². The molecule has 6 heteroatoms. The molecule has 0 saturated heterocycles. The van der Waals surface area contributed by atoms with Crippen molar-refractivity contribution in [3.8, 4) is 0 Å². The number of aliphatic hydroxyl groups is 1. The van der Waals surface area contributed by atoms with Crippen LogP contribution in [-0.2, 0) is 13.2 Å². The molecule has 1 aliphatic rings. The number of hydrogen-bond acceptors (Lipinski definition) is 4. The van der Waals surface area contributed by atoms with E-state index in [2.05, 4.69) is 26.5 Å². The second kappa shape index (κ2) is 6.43. The summed E-state index contributed by atoms with van der Waals surface area (Å²) in [4.78, 5) is 9.18. The first kappa shape index (κ1) is 15.4. The zero-order valence-electron chi connectivity index (χ0n) is 13.3. The topological polar surface area (TPSA) is 44.5 Å². The molecule has 3 aromatic rings. The van der Waals surface area contributed by atoms with Crippen LogP contribution in [-0.4, -0.2) is 39.4 Å². The van der Waals surface area contributed by atoms with Crippen LogP contribution >= 0.6 is 11.6 Å². The Hall–Kier alpha value is -2.08. The maximum atomic E-state index is 9.42. The lowest BCUT2D eigenvalue weighted by Gasteiger charge is -2.37. The summed E-state index contributed by atoms with van der Waals surface area (Å²) in [5, 5.41) is 10.2. The van der Waals surface area contributed by atoms with Gasteiger partial charge in [0.15, 0.2) is 0 Å². The lowest BCUT2D eigenvalue weighted by atomic mass is 10.2. The van der Waals surface area contributed by atoms with Gasteiger partial charge in [0, 0.05) is 18.1 Å². The predicted molar refractivity (Wildman–Crippen MR) is 96.0 cm³/mol. The van der Waals surface area contributed by atoms with Crippen molar-refractivity contribution >= 4 is 28.6 Å². The largest absolute Gasteiger partial charge is 0.395 e. The van der Waals surface area contributed by atoms with Gasteiger partial charge in [-0.05, 0) is 29.8 Å². The molecule has 2 heterocycles. The highest BCUT2D eigenvalue weighted by Gasteiger charge is 2.25. The molecule has 0 aliphatic carbocycles. The molecular formula is C18H19ClN4O. The van der Waals surface area contributed by atoms with Crippen molar-refractivity contribution in [2.45, 2.75) is 13.2 Å². The first-order chi connectivity index (χ1) is 11.7. The lowest BCUT2D eigenvalue weighted by molar-refractivity contribution is 0.183. The first-order valence-electron chi connectivity index (χ1n) is 8.02. The highest BCUT2D eigenvalue weighted by atomic mass is 35.5. The fourth-order valence-electron chi connectivity index (χ4n) is 3.28. The third kappa shape index (κ3) is 2.86. The van der Waals surface area contributed by atoms with Crippen molar-refractivity contribution in [2.24, 2.45) is 0 Å². The van der Waals surface area contributed by atoms with Crippen LogP contribution in [0.1, 0.15) is 5.56 Å². The van der Waals surface area contributed by atoms with Crippen LogP contribution in [0.2, 0.25) is 5.02 Å². The molecule has 0 amide bonds. The number of fused-ring (bicyclic) bond motifs is 3. The molecule has 2 aromatic carbocycles. The summed E-state index contributed by atoms with van der Waals surface area (Å²) in [6.07, 6.45) is 0. The van der Waals surface area contributed by atoms with Gasteiger partial charge in [-0.3, -0.25) is 9.47 Å². The van der Waals surface area contributed by atoms with E-state index < -0.39 is 0 Å². The van der Waals surface area contributed by atoms with Crippen LogP contribution in [0.25, 0.3) is 11.0 Å². The van der Waals surface area contributed by atoms with E-state index in [0.29, 0.717) is 6.54 Å². The maximum Gasteiger partial charge on any atom is 0.208 e. The Morgan fingerprint density at radius 2 is 1.96 bits per heavy atom. The van der Waals surface area contributed by atoms with Gasteiger partial charge in [0.25, 0.3) is 0 Å². The van der Waals surface area contributed by atoms with Crippen LogP contribution in [0.5, 0.6) is 0 Å². The van der Waals surface area contributed by atoms with Crippen LogP contribution in [0.3, 0.4) is 0 Å². The molecule has 124 valence electrons. The maximum absolute atomic E-state index is 9.42. The molecule has 1 aromatic heterocycles. The number of anilines is 1. The smallest absolute Gasteiger partial charge is 0.208 e. The number of para-hydroxylation sites is 2. The van der Waals surface area contributed by atoms with Gasteiger partial charge in [0.1, 0.15) is 0 Å². The fraction of sp³-hybridized carbons (Fsp3) is 0.278. The molecule has 24 heavy (non-hydrogen) atoms. The third-order valence-corrected chi connectivity index (χ3v) is 4.53. The second-order valence-corrected chi connectivity index (χ2v) is 6.49. The molecule has 1 aliphatic heterocycles. The Kier molecular flexibility index (Phi) is 4.14. The van der Waals surface area contributed by atoms with Crippen molar-refractivity contribution in [3.05, 3.63) is 59.1 Å². The summed E-state index contributed by atoms with van der Waals surface area (Å²) in [6.45, 7) is 2.97. The van der Waals surface area contributed by atoms with Gasteiger partial charge in [-0.15, -0.1) is 0 Å². The van der Waals surface area contributed by atoms with Crippen LogP contribution in [0.4, 0.5) is 5.95 Å². The molecule has 0 unspecified atom stereocenters. The minimum Gasteiger partial charge on any atom is -0.395 e. The van der Waals surface area contributed by atoms with Crippen molar-refractivity contribution in [3.63, 3.8) is 0 Å². The molecule has 0 spiro atoms. The second-order valence-electron chi connectivity index (χ2n) is 6.06. The molecule has 4 rings (SSSR count). The molecule has 0 saturated carbocycles. The minimum atomic E-state index is 0.105. The summed E-state index contributed by atoms with van der Waals surface area (Å²) in [5.74, 6) is 0.924. The molecular weight excluding hydrogens is 324 g/mol. The predicted octanol–water partition coefficient (Wildman–Crippen LogP) is 2.92. The molecule has 1 N–H and O–H groups in total. The van der Waals surface area contributed by atoms with Crippen LogP contribution < -0.4 is 4.90 Å². The Morgan fingerprint density at radius 3 is 2.79 bits per heavy atom. The number of nitrogens with zero attached hydrogens (tertiary/aromatic N) is 4. The quantitative estimate of drug-likeness (QED) is 0.791. The Morgan fingerprint density at radius 1 is 1.08 bits per heavy atom. The first-order valence-corrected chi connectivity index (χ1v) is 8.40. The summed E-state index contributed by atoms with van der Waals surface area (Å²) in [6, 6.07) is 16.1. The Labute approximate surface area is 145 Å². The molecule has 0 fully saturated rings. The van der Waals surface area contributed by atoms with E-state index in [1.807, 2.05) is 36.4 Å². The van der Waals surface area contributed by atoms with E-state index in [0.717, 1.165) is 41.9 Å². The average Bonchev–Trinajstić information content (AvgIpc) is 2.94. The van der Waals surface area contributed by atoms with Crippen LogP contribution in [0.15, 0.2) is 48.5 Å². The number of hydrogen-bond donors (Lipinski definition) is 1. The lowest BCUT2D eigenvalue weighted by Crippen LogP contribution is -2.45. The molecule has 0 bridgehead atoms. The Balaban J connectivity index is 1.67. The number of halogens is 1. The summed E-state index contributed by atoms with van der Waals surface area (Å²) in [7, 11) is 0. The highest BCUT2D eigenvalue weighted by Crippen LogP contribution is 2.27. The summed E-state index contributed by atoms with van der Waals surface area (Å²) < 4.78 is 2.21. The van der Waals surface area contributed by atoms with Gasteiger partial charge < -0.3 is 10.0 Å². The van der Waals surface area contributed by atoms with Gasteiger partial charge in [0.2, 0.25) is 5.95 Å². The van der Waals surface area contributed by atoms with E-state index in [9.17, 15) is 5.11 Å². The van der Waals surface area contributed by atoms with Gasteiger partial charge in [-0.2, -0.15) is 0 Å². The standard InChI is InChI=1S/C18H19ClN4O/c19-15-5-3-4-14(10-15)11-21-12-22(8-9-24)18-20-16-6-1-2-7-17(16)23(18)13-21/h1-7,10,24H,8-9,11-13H2. The number of aliphatic hydroxyl groups excluding tert-OH is 1. The zero-order chi connectivity index (χ0) is 16.5. The Bertz CT molecular complexity index is 863. The van der Waals surface area contributed by atoms with E-state index in [1.54, 1.807) is 0 Å². The van der Waals surface area contributed by atoms with Crippen molar-refractivity contribution in [1.29, 1.82) is 0 Å². The number of imidazole rings is 1. The number of β-amino-alcohol motifs (C(OH)–C–C–N with tert-alkyl or cyclic N) is 1. The van der Waals surface area contributed by atoms with Crippen LogP contribution in [0, 0.1) is 0 Å². The molecule has 0 atom stereocenters. The number of benzene rings is 2. The van der Waals surface area contributed by atoms with E-state index in [4.69, 9.17) is 16.6 Å². The van der Waals surface area contributed by atoms with E-state index in [1.165, 1.54) is 5.56 Å². The SMILES string of the molecule is OCCN1CN(Cc2cccc(Cl)c2)Cn2c1nc1ccccc12. The van der Waals surface area contributed by atoms with E-state index >= 15 is 0 Å². The van der Waals surface area contributed by atoms with Crippen molar-refractivity contribution < 1.29 is 5.11 Å². The number of aromatic nitrogens is 2. The summed E-state index contributed by atoms with van der Waals surface area (Å²) >= 11 is 6.11.